The molecule has 0 fully saturated rings. The largest absolute Gasteiger partial charge is 0.505 e. The zero-order chi connectivity index (χ0) is 19.5. The molecule has 1 heterocycles. The molecule has 0 aromatic heterocycles. The summed E-state index contributed by atoms with van der Waals surface area (Å²) in [7, 11) is 0. The summed E-state index contributed by atoms with van der Waals surface area (Å²) in [5, 5.41) is 28.9. The van der Waals surface area contributed by atoms with Gasteiger partial charge < -0.3 is 15.6 Å². The second-order valence-corrected chi connectivity index (χ2v) is 6.22. The molecule has 0 amide bonds. The van der Waals surface area contributed by atoms with Crippen molar-refractivity contribution in [3.8, 4) is 17.6 Å². The van der Waals surface area contributed by atoms with Crippen molar-refractivity contribution in [1.29, 1.82) is 5.26 Å². The van der Waals surface area contributed by atoms with Gasteiger partial charge in [0.1, 0.15) is 23.1 Å². The molecule has 3 aromatic carbocycles. The maximum absolute atomic E-state index is 10.9. The lowest BCUT2D eigenvalue weighted by atomic mass is 9.83. The molecule has 6 nitrogen and oxygen atoms in total. The van der Waals surface area contributed by atoms with Crippen LogP contribution in [0, 0.1) is 11.3 Å². The summed E-state index contributed by atoms with van der Waals surface area (Å²) in [6.07, 6.45) is 0. The second-order valence-electron chi connectivity index (χ2n) is 6.22. The fraction of sp³-hybridized carbons (Fsp3) is 0.0455. The van der Waals surface area contributed by atoms with Crippen LogP contribution in [0.4, 0.5) is 11.4 Å². The lowest BCUT2D eigenvalue weighted by Gasteiger charge is -2.27. The molecule has 0 saturated carbocycles. The number of phenols is 1. The number of fused-ring (bicyclic) bond motifs is 1. The Kier molecular flexibility index (Phi) is 4.48. The van der Waals surface area contributed by atoms with Gasteiger partial charge in [-0.3, -0.25) is 0 Å². The Balaban J connectivity index is 1.85. The molecular weight excluding hydrogens is 352 g/mol. The molecule has 28 heavy (non-hydrogen) atoms. The van der Waals surface area contributed by atoms with E-state index in [4.69, 9.17) is 10.5 Å². The lowest BCUT2D eigenvalue weighted by molar-refractivity contribution is 0.382. The number of nitrogens with two attached hydrogens (primary N) is 1. The smallest absolute Gasteiger partial charge is 0.205 e. The zero-order valence-corrected chi connectivity index (χ0v) is 14.8. The van der Waals surface area contributed by atoms with Crippen LogP contribution >= 0.6 is 0 Å². The first-order chi connectivity index (χ1) is 13.7. The van der Waals surface area contributed by atoms with Gasteiger partial charge in [0.05, 0.1) is 17.2 Å². The monoisotopic (exact) mass is 368 g/mol. The summed E-state index contributed by atoms with van der Waals surface area (Å²) >= 11 is 0. The van der Waals surface area contributed by atoms with Gasteiger partial charge in [-0.2, -0.15) is 10.4 Å². The first kappa shape index (κ1) is 17.3. The third kappa shape index (κ3) is 3.06. The van der Waals surface area contributed by atoms with Crippen LogP contribution in [0.3, 0.4) is 0 Å². The number of hydrogen-bond donors (Lipinski definition) is 2. The quantitative estimate of drug-likeness (QED) is 0.633. The van der Waals surface area contributed by atoms with Crippen molar-refractivity contribution in [2.75, 3.05) is 0 Å². The van der Waals surface area contributed by atoms with E-state index in [2.05, 4.69) is 16.3 Å². The number of ether oxygens (including phenoxy) is 1. The topological polar surface area (TPSA) is 104 Å². The number of nitriles is 1. The third-order valence-corrected chi connectivity index (χ3v) is 4.50. The molecule has 1 aliphatic heterocycles. The number of nitrogens with zero attached hydrogens (tertiary/aromatic N) is 3. The predicted octanol–water partition coefficient (Wildman–Crippen LogP) is 5.03. The Hall–Kier alpha value is -4.11. The molecule has 1 aliphatic rings. The van der Waals surface area contributed by atoms with Crippen LogP contribution < -0.4 is 10.5 Å². The van der Waals surface area contributed by atoms with Crippen molar-refractivity contribution in [3.05, 3.63) is 95.4 Å². The van der Waals surface area contributed by atoms with E-state index < -0.39 is 5.92 Å². The number of rotatable bonds is 3. The number of allylic oxidation sites excluding steroid dienone is 1. The minimum Gasteiger partial charge on any atom is -0.505 e. The Morgan fingerprint density at radius 2 is 1.61 bits per heavy atom. The molecular formula is C22H16N4O2. The van der Waals surface area contributed by atoms with Crippen molar-refractivity contribution in [1.82, 2.24) is 0 Å². The summed E-state index contributed by atoms with van der Waals surface area (Å²) in [6.45, 7) is 0. The van der Waals surface area contributed by atoms with Crippen LogP contribution in [0.5, 0.6) is 11.5 Å². The maximum Gasteiger partial charge on any atom is 0.205 e. The molecule has 0 saturated heterocycles. The summed E-state index contributed by atoms with van der Waals surface area (Å²) in [5.41, 5.74) is 8.42. The summed E-state index contributed by atoms with van der Waals surface area (Å²) in [6, 6.07) is 24.0. The highest BCUT2D eigenvalue weighted by Crippen LogP contribution is 2.49. The van der Waals surface area contributed by atoms with E-state index in [0.29, 0.717) is 17.0 Å². The fourth-order valence-electron chi connectivity index (χ4n) is 3.19. The van der Waals surface area contributed by atoms with Gasteiger partial charge in [-0.25, -0.2) is 0 Å². The third-order valence-electron chi connectivity index (χ3n) is 4.50. The molecule has 0 radical (unpaired) electrons. The predicted molar refractivity (Wildman–Crippen MR) is 104 cm³/mol. The molecule has 3 N–H and O–H groups in total. The maximum atomic E-state index is 10.9. The average Bonchev–Trinajstić information content (AvgIpc) is 2.74. The van der Waals surface area contributed by atoms with Crippen molar-refractivity contribution in [2.45, 2.75) is 5.92 Å². The molecule has 0 aliphatic carbocycles. The highest BCUT2D eigenvalue weighted by Gasteiger charge is 2.34. The van der Waals surface area contributed by atoms with E-state index >= 15 is 0 Å². The molecule has 3 aromatic rings. The van der Waals surface area contributed by atoms with E-state index in [9.17, 15) is 10.4 Å². The van der Waals surface area contributed by atoms with Crippen molar-refractivity contribution in [3.63, 3.8) is 0 Å². The molecule has 1 atom stereocenters. The van der Waals surface area contributed by atoms with Crippen LogP contribution in [-0.2, 0) is 0 Å². The minimum atomic E-state index is -0.554. The average molecular weight is 368 g/mol. The van der Waals surface area contributed by atoms with Gasteiger partial charge in [0, 0.05) is 0 Å². The van der Waals surface area contributed by atoms with Crippen LogP contribution in [0.25, 0.3) is 0 Å². The molecule has 4 rings (SSSR count). The number of hydrogen-bond acceptors (Lipinski definition) is 6. The van der Waals surface area contributed by atoms with E-state index in [0.717, 1.165) is 5.56 Å². The molecule has 1 unspecified atom stereocenters. The highest BCUT2D eigenvalue weighted by molar-refractivity contribution is 5.67. The lowest BCUT2D eigenvalue weighted by Crippen LogP contribution is -2.21. The van der Waals surface area contributed by atoms with Gasteiger partial charge in [0.2, 0.25) is 5.88 Å². The Labute approximate surface area is 161 Å². The van der Waals surface area contributed by atoms with E-state index in [1.54, 1.807) is 12.1 Å². The van der Waals surface area contributed by atoms with Crippen molar-refractivity contribution in [2.24, 2.45) is 16.0 Å². The fourth-order valence-corrected chi connectivity index (χ4v) is 3.19. The summed E-state index contributed by atoms with van der Waals surface area (Å²) < 4.78 is 5.59. The number of azo groups is 1. The van der Waals surface area contributed by atoms with Crippen LogP contribution in [0.2, 0.25) is 0 Å². The molecule has 136 valence electrons. The Morgan fingerprint density at radius 1 is 0.929 bits per heavy atom. The van der Waals surface area contributed by atoms with Gasteiger partial charge >= 0.3 is 0 Å². The molecule has 0 spiro atoms. The SMILES string of the molecule is N#CC1=C(N)Oc2ccc(N=Nc3ccccc3)c(O)c2C1c1ccccc1. The van der Waals surface area contributed by atoms with Gasteiger partial charge in [-0.15, -0.1) is 5.11 Å². The van der Waals surface area contributed by atoms with Crippen LogP contribution in [0.1, 0.15) is 17.0 Å². The molecule has 0 bridgehead atoms. The summed E-state index contributed by atoms with van der Waals surface area (Å²) in [4.78, 5) is 0. The number of aromatic hydroxyl groups is 1. The number of phenolic OH excluding ortho intramolecular Hbond substituents is 1. The Bertz CT molecular complexity index is 1120. The van der Waals surface area contributed by atoms with Crippen LogP contribution in [0.15, 0.2) is 94.5 Å². The summed E-state index contributed by atoms with van der Waals surface area (Å²) in [5.74, 6) is -0.225. The van der Waals surface area contributed by atoms with Gasteiger partial charge in [0.25, 0.3) is 0 Å². The van der Waals surface area contributed by atoms with Gasteiger partial charge in [-0.1, -0.05) is 48.5 Å². The minimum absolute atomic E-state index is 0.0296. The zero-order valence-electron chi connectivity index (χ0n) is 14.8. The first-order valence-corrected chi connectivity index (χ1v) is 8.64. The van der Waals surface area contributed by atoms with Gasteiger partial charge in [0.15, 0.2) is 5.75 Å². The second kappa shape index (κ2) is 7.25. The standard InChI is InChI=1S/C22H16N4O2/c23-13-16-19(14-7-3-1-4-8-14)20-18(28-22(16)24)12-11-17(21(20)27)26-25-15-9-5-2-6-10-15/h1-12,19,27H,24H2. The Morgan fingerprint density at radius 3 is 2.29 bits per heavy atom. The van der Waals surface area contributed by atoms with E-state index in [1.165, 1.54) is 0 Å². The first-order valence-electron chi connectivity index (χ1n) is 8.64. The van der Waals surface area contributed by atoms with Crippen molar-refractivity contribution < 1.29 is 9.84 Å². The molecule has 6 heteroatoms. The number of benzene rings is 3. The van der Waals surface area contributed by atoms with E-state index in [-0.39, 0.29) is 22.9 Å². The normalized spacial score (nSPS) is 15.8. The van der Waals surface area contributed by atoms with Crippen molar-refractivity contribution >= 4 is 11.4 Å². The van der Waals surface area contributed by atoms with E-state index in [1.807, 2.05) is 60.7 Å². The van der Waals surface area contributed by atoms with Gasteiger partial charge in [-0.05, 0) is 29.8 Å². The van der Waals surface area contributed by atoms with Crippen LogP contribution in [-0.4, -0.2) is 5.11 Å². The highest BCUT2D eigenvalue weighted by atomic mass is 16.5.